The van der Waals surface area contributed by atoms with Crippen LogP contribution in [0.3, 0.4) is 0 Å². The van der Waals surface area contributed by atoms with E-state index >= 15 is 0 Å². The van der Waals surface area contributed by atoms with Crippen molar-refractivity contribution in [3.05, 3.63) is 35.4 Å². The van der Waals surface area contributed by atoms with Gasteiger partial charge < -0.3 is 4.74 Å². The molecule has 0 spiro atoms. The minimum absolute atomic E-state index is 0.0363. The summed E-state index contributed by atoms with van der Waals surface area (Å²) in [5.41, 5.74) is 2.57. The Balaban J connectivity index is 2.05. The van der Waals surface area contributed by atoms with Crippen LogP contribution in [0.4, 0.5) is 0 Å². The maximum atomic E-state index is 11.5. The lowest BCUT2D eigenvalue weighted by Gasteiger charge is -2.04. The van der Waals surface area contributed by atoms with Crippen LogP contribution in [0.25, 0.3) is 0 Å². The average Bonchev–Trinajstić information content (AvgIpc) is 2.98. The van der Waals surface area contributed by atoms with E-state index in [4.69, 9.17) is 4.74 Å². The van der Waals surface area contributed by atoms with Crippen molar-refractivity contribution >= 4 is 5.97 Å². The van der Waals surface area contributed by atoms with Gasteiger partial charge in [-0.15, -0.1) is 0 Å². The van der Waals surface area contributed by atoms with Crippen LogP contribution in [0.2, 0.25) is 0 Å². The van der Waals surface area contributed by atoms with Crippen molar-refractivity contribution in [1.29, 1.82) is 0 Å². The molecule has 1 saturated carbocycles. The van der Waals surface area contributed by atoms with Crippen LogP contribution in [0, 0.1) is 12.8 Å². The van der Waals surface area contributed by atoms with Crippen LogP contribution in [0.5, 0.6) is 0 Å². The number of hydrogen-bond donors (Lipinski definition) is 0. The van der Waals surface area contributed by atoms with Gasteiger partial charge in [-0.1, -0.05) is 24.3 Å². The second-order valence-electron chi connectivity index (χ2n) is 4.06. The monoisotopic (exact) mass is 204 g/mol. The van der Waals surface area contributed by atoms with Crippen molar-refractivity contribution in [2.75, 3.05) is 6.61 Å². The third-order valence-electron chi connectivity index (χ3n) is 2.97. The van der Waals surface area contributed by atoms with Gasteiger partial charge in [0.25, 0.3) is 0 Å². The molecule has 2 heteroatoms. The SMILES string of the molecule is CCOC(=O)[C@@H]1C[C@@H]1c1ccccc1C. The van der Waals surface area contributed by atoms with E-state index in [2.05, 4.69) is 19.1 Å². The predicted octanol–water partition coefficient (Wildman–Crippen LogP) is 2.66. The normalized spacial score (nSPS) is 23.6. The summed E-state index contributed by atoms with van der Waals surface area (Å²) in [7, 11) is 0. The minimum atomic E-state index is -0.0363. The Morgan fingerprint density at radius 2 is 2.20 bits per heavy atom. The molecule has 2 nitrogen and oxygen atoms in total. The quantitative estimate of drug-likeness (QED) is 0.707. The number of carbonyl (C=O) groups excluding carboxylic acids is 1. The Bertz CT molecular complexity index is 371. The van der Waals surface area contributed by atoms with Crippen molar-refractivity contribution in [2.24, 2.45) is 5.92 Å². The van der Waals surface area contributed by atoms with E-state index in [1.165, 1.54) is 11.1 Å². The summed E-state index contributed by atoms with van der Waals surface area (Å²) < 4.78 is 5.02. The standard InChI is InChI=1S/C13H16O2/c1-3-15-13(14)12-8-11(12)10-7-5-4-6-9(10)2/h4-7,11-12H,3,8H2,1-2H3/t11-,12-/m1/s1. The zero-order valence-electron chi connectivity index (χ0n) is 9.19. The molecule has 15 heavy (non-hydrogen) atoms. The summed E-state index contributed by atoms with van der Waals surface area (Å²) >= 11 is 0. The topological polar surface area (TPSA) is 26.3 Å². The Kier molecular flexibility index (Phi) is 2.76. The third-order valence-corrected chi connectivity index (χ3v) is 2.97. The van der Waals surface area contributed by atoms with Gasteiger partial charge in [0.2, 0.25) is 0 Å². The van der Waals surface area contributed by atoms with Crippen LogP contribution < -0.4 is 0 Å². The van der Waals surface area contributed by atoms with Crippen LogP contribution in [0.15, 0.2) is 24.3 Å². The first kappa shape index (κ1) is 10.2. The fourth-order valence-electron chi connectivity index (χ4n) is 2.05. The van der Waals surface area contributed by atoms with Gasteiger partial charge in [0.1, 0.15) is 0 Å². The average molecular weight is 204 g/mol. The van der Waals surface area contributed by atoms with Gasteiger partial charge >= 0.3 is 5.97 Å². The van der Waals surface area contributed by atoms with E-state index in [0.717, 1.165) is 6.42 Å². The summed E-state index contributed by atoms with van der Waals surface area (Å²) in [5, 5.41) is 0. The molecule has 1 aliphatic carbocycles. The highest BCUT2D eigenvalue weighted by Crippen LogP contribution is 2.49. The molecule has 0 saturated heterocycles. The molecule has 1 aromatic carbocycles. The Labute approximate surface area is 90.3 Å². The van der Waals surface area contributed by atoms with Crippen LogP contribution in [0.1, 0.15) is 30.4 Å². The minimum Gasteiger partial charge on any atom is -0.466 e. The van der Waals surface area contributed by atoms with E-state index in [1.54, 1.807) is 0 Å². The van der Waals surface area contributed by atoms with Crippen molar-refractivity contribution in [1.82, 2.24) is 0 Å². The molecule has 1 aromatic rings. The smallest absolute Gasteiger partial charge is 0.309 e. The summed E-state index contributed by atoms with van der Waals surface area (Å²) in [6.45, 7) is 4.43. The lowest BCUT2D eigenvalue weighted by molar-refractivity contribution is -0.144. The van der Waals surface area contributed by atoms with Gasteiger partial charge in [0.05, 0.1) is 12.5 Å². The Hall–Kier alpha value is -1.31. The number of benzene rings is 1. The molecule has 1 aliphatic rings. The van der Waals surface area contributed by atoms with Crippen molar-refractivity contribution in [3.8, 4) is 0 Å². The van der Waals surface area contributed by atoms with Gasteiger partial charge in [-0.25, -0.2) is 0 Å². The molecule has 0 N–H and O–H groups in total. The Morgan fingerprint density at radius 3 is 2.87 bits per heavy atom. The highest BCUT2D eigenvalue weighted by Gasteiger charge is 2.45. The second kappa shape index (κ2) is 4.05. The van der Waals surface area contributed by atoms with Crippen LogP contribution >= 0.6 is 0 Å². The summed E-state index contributed by atoms with van der Waals surface area (Å²) in [6.07, 6.45) is 0.948. The summed E-state index contributed by atoms with van der Waals surface area (Å²) in [5.74, 6) is 0.460. The molecule has 0 aromatic heterocycles. The number of aryl methyl sites for hydroxylation is 1. The number of esters is 1. The Morgan fingerprint density at radius 1 is 1.47 bits per heavy atom. The highest BCUT2D eigenvalue weighted by atomic mass is 16.5. The molecule has 0 radical (unpaired) electrons. The largest absolute Gasteiger partial charge is 0.466 e. The maximum absolute atomic E-state index is 11.5. The molecule has 0 unspecified atom stereocenters. The van der Waals surface area contributed by atoms with Crippen molar-refractivity contribution in [3.63, 3.8) is 0 Å². The number of ether oxygens (including phenoxy) is 1. The lowest BCUT2D eigenvalue weighted by atomic mass is 10.0. The number of carbonyl (C=O) groups is 1. The second-order valence-corrected chi connectivity index (χ2v) is 4.06. The van der Waals surface area contributed by atoms with Crippen molar-refractivity contribution < 1.29 is 9.53 Å². The zero-order chi connectivity index (χ0) is 10.8. The fourth-order valence-corrected chi connectivity index (χ4v) is 2.05. The van der Waals surface area contributed by atoms with Gasteiger partial charge in [-0.3, -0.25) is 4.79 Å². The van der Waals surface area contributed by atoms with Crippen LogP contribution in [-0.4, -0.2) is 12.6 Å². The van der Waals surface area contributed by atoms with Gasteiger partial charge in [-0.2, -0.15) is 0 Å². The van der Waals surface area contributed by atoms with Gasteiger partial charge in [0.15, 0.2) is 0 Å². The molecule has 0 amide bonds. The first-order valence-corrected chi connectivity index (χ1v) is 5.46. The summed E-state index contributed by atoms with van der Waals surface area (Å²) in [6, 6.07) is 8.26. The molecule has 0 aliphatic heterocycles. The molecular formula is C13H16O2. The molecule has 1 fully saturated rings. The maximum Gasteiger partial charge on any atom is 0.309 e. The fraction of sp³-hybridized carbons (Fsp3) is 0.462. The summed E-state index contributed by atoms with van der Waals surface area (Å²) in [4.78, 5) is 11.5. The van der Waals surface area contributed by atoms with E-state index < -0.39 is 0 Å². The van der Waals surface area contributed by atoms with Crippen molar-refractivity contribution in [2.45, 2.75) is 26.2 Å². The first-order chi connectivity index (χ1) is 7.24. The van der Waals surface area contributed by atoms with Gasteiger partial charge in [0, 0.05) is 0 Å². The molecule has 80 valence electrons. The number of hydrogen-bond acceptors (Lipinski definition) is 2. The number of rotatable bonds is 3. The zero-order valence-corrected chi connectivity index (χ0v) is 9.19. The van der Waals surface area contributed by atoms with Gasteiger partial charge in [-0.05, 0) is 37.3 Å². The molecule has 0 heterocycles. The third kappa shape index (κ3) is 2.04. The van der Waals surface area contributed by atoms with E-state index in [0.29, 0.717) is 12.5 Å². The molecule has 0 bridgehead atoms. The van der Waals surface area contributed by atoms with Crippen LogP contribution in [-0.2, 0) is 9.53 Å². The van der Waals surface area contributed by atoms with E-state index in [-0.39, 0.29) is 11.9 Å². The lowest BCUT2D eigenvalue weighted by Crippen LogP contribution is -2.07. The first-order valence-electron chi connectivity index (χ1n) is 5.46. The predicted molar refractivity (Wildman–Crippen MR) is 58.7 cm³/mol. The van der Waals surface area contributed by atoms with E-state index in [9.17, 15) is 4.79 Å². The molecule has 2 atom stereocenters. The molecule has 2 rings (SSSR count). The highest BCUT2D eigenvalue weighted by molar-refractivity contribution is 5.77. The van der Waals surface area contributed by atoms with E-state index in [1.807, 2.05) is 19.1 Å². The molecular weight excluding hydrogens is 188 g/mol.